The Kier molecular flexibility index (Phi) is 14.3. The van der Waals surface area contributed by atoms with Gasteiger partial charge in [0.25, 0.3) is 0 Å². The van der Waals surface area contributed by atoms with Crippen molar-refractivity contribution < 1.29 is 0 Å². The minimum atomic E-state index is 0. The van der Waals surface area contributed by atoms with E-state index in [1.165, 1.54) is 20.7 Å². The maximum atomic E-state index is 2.21. The summed E-state index contributed by atoms with van der Waals surface area (Å²) in [6.07, 6.45) is 1.39. The molecule has 0 N–H and O–H groups in total. The zero-order valence-corrected chi connectivity index (χ0v) is 4.12. The fourth-order valence-corrected chi connectivity index (χ4v) is 0.354. The van der Waals surface area contributed by atoms with Gasteiger partial charge in [0.15, 0.2) is 0 Å². The average molecular weight is 79.4 g/mol. The molecular weight excluding hydrogens is 67.3 g/mol. The zero-order valence-electron chi connectivity index (χ0n) is 4.12. The van der Waals surface area contributed by atoms with Crippen LogP contribution in [0.15, 0.2) is 0 Å². The van der Waals surface area contributed by atoms with Crippen molar-refractivity contribution in [3.05, 3.63) is 0 Å². The summed E-state index contributed by atoms with van der Waals surface area (Å²) in [5.74, 6) is 0. The van der Waals surface area contributed by atoms with Crippen molar-refractivity contribution in [3.8, 4) is 0 Å². The Morgan fingerprint density at radius 2 is 2.17 bits per heavy atom. The summed E-state index contributed by atoms with van der Waals surface area (Å²) in [6.45, 7) is 2.21. The number of hydrogen-bond acceptors (Lipinski definition) is 0. The maximum Gasteiger partial charge on any atom is 0.109 e. The van der Waals surface area contributed by atoms with E-state index in [1.807, 2.05) is 0 Å². The highest BCUT2D eigenvalue weighted by Crippen LogP contribution is 1.64. The lowest BCUT2D eigenvalue weighted by molar-refractivity contribution is 1.98. The van der Waals surface area contributed by atoms with Gasteiger partial charge in [-0.25, -0.2) is 0 Å². The second-order valence-electron chi connectivity index (χ2n) is 1.35. The monoisotopic (exact) mass is 80.1 g/mol. The van der Waals surface area contributed by atoms with Gasteiger partial charge in [-0.15, -0.1) is 6.22 Å². The molecule has 0 saturated carbocycles. The third-order valence-electron chi connectivity index (χ3n) is 0.707. The van der Waals surface area contributed by atoms with E-state index in [0.717, 1.165) is 0 Å². The molecule has 0 atom stereocenters. The van der Waals surface area contributed by atoms with Gasteiger partial charge >= 0.3 is 0 Å². The Morgan fingerprint density at radius 3 is 2.17 bits per heavy atom. The van der Waals surface area contributed by atoms with Crippen LogP contribution in [-0.4, -0.2) is 30.6 Å². The van der Waals surface area contributed by atoms with Crippen LogP contribution in [0.1, 0.15) is 0 Å². The van der Waals surface area contributed by atoms with Crippen molar-refractivity contribution in [3.63, 3.8) is 0 Å². The molecule has 0 aliphatic heterocycles. The molecule has 0 heterocycles. The highest BCUT2D eigenvalue weighted by atomic mass is 13.2. The SMILES string of the molecule is B.BBCBC. The van der Waals surface area contributed by atoms with Crippen LogP contribution in [0.2, 0.25) is 13.0 Å². The Labute approximate surface area is 44.5 Å². The molecule has 0 aliphatic rings. The Hall–Kier alpha value is 0.260. The Morgan fingerprint density at radius 1 is 1.67 bits per heavy atom. The summed E-state index contributed by atoms with van der Waals surface area (Å²) in [7, 11) is 4.90. The molecule has 0 nitrogen and oxygen atoms in total. The van der Waals surface area contributed by atoms with E-state index in [9.17, 15) is 0 Å². The van der Waals surface area contributed by atoms with Gasteiger partial charge in [0.1, 0.15) is 7.28 Å². The minimum absolute atomic E-state index is 0. The zero-order chi connectivity index (χ0) is 4.12. The van der Waals surface area contributed by atoms with Crippen molar-refractivity contribution in [1.29, 1.82) is 0 Å². The number of hydrogen-bond donors (Lipinski definition) is 0. The number of rotatable bonds is 2. The fourth-order valence-electron chi connectivity index (χ4n) is 0.354. The molecule has 0 spiro atoms. The van der Waals surface area contributed by atoms with Crippen LogP contribution in [0, 0.1) is 0 Å². The molecule has 0 fully saturated rings. The van der Waals surface area contributed by atoms with E-state index in [-0.39, 0.29) is 8.41 Å². The summed E-state index contributed by atoms with van der Waals surface area (Å²) in [4.78, 5) is 0. The molecule has 0 rings (SSSR count). The fraction of sp³-hybridized carbons (Fsp3) is 1.00. The van der Waals surface area contributed by atoms with E-state index in [1.54, 1.807) is 0 Å². The molecule has 0 aliphatic carbocycles. The highest BCUT2D eigenvalue weighted by molar-refractivity contribution is 6.93. The molecule has 0 aromatic carbocycles. The highest BCUT2D eigenvalue weighted by Gasteiger charge is 1.74. The third kappa shape index (κ3) is 8.86. The molecule has 0 aromatic rings. The molecule has 0 aromatic heterocycles. The van der Waals surface area contributed by atoms with Crippen molar-refractivity contribution in [1.82, 2.24) is 0 Å². The van der Waals surface area contributed by atoms with Crippen LogP contribution in [0.5, 0.6) is 0 Å². The van der Waals surface area contributed by atoms with E-state index in [0.29, 0.717) is 0 Å². The average Bonchev–Trinajstić information content (AvgIpc) is 1.41. The first kappa shape index (κ1) is 9.54. The molecule has 0 unspecified atom stereocenters. The lowest BCUT2D eigenvalue weighted by Crippen LogP contribution is -1.90. The van der Waals surface area contributed by atoms with E-state index in [2.05, 4.69) is 14.6 Å². The van der Waals surface area contributed by atoms with Crippen LogP contribution in [-0.2, 0) is 0 Å². The van der Waals surface area contributed by atoms with Gasteiger partial charge in [-0.3, -0.25) is 0 Å². The van der Waals surface area contributed by atoms with Crippen molar-refractivity contribution in [2.24, 2.45) is 0 Å². The smallest absolute Gasteiger partial charge is 0.108 e. The van der Waals surface area contributed by atoms with Gasteiger partial charge in [-0.05, 0) is 0 Å². The molecule has 32 valence electrons. The van der Waals surface area contributed by atoms with E-state index < -0.39 is 0 Å². The van der Waals surface area contributed by atoms with Crippen LogP contribution in [0.4, 0.5) is 0 Å². The van der Waals surface area contributed by atoms with Crippen molar-refractivity contribution in [2.45, 2.75) is 13.0 Å². The third-order valence-corrected chi connectivity index (χ3v) is 0.707. The molecular formula is C2H12B4. The quantitative estimate of drug-likeness (QED) is 0.325. The molecule has 0 saturated heterocycles. The second-order valence-corrected chi connectivity index (χ2v) is 1.35. The van der Waals surface area contributed by atoms with E-state index in [4.69, 9.17) is 0 Å². The lowest BCUT2D eigenvalue weighted by Gasteiger charge is -1.73. The van der Waals surface area contributed by atoms with Crippen LogP contribution in [0.3, 0.4) is 0 Å². The van der Waals surface area contributed by atoms with E-state index >= 15 is 0 Å². The Balaban J connectivity index is 0. The van der Waals surface area contributed by atoms with Gasteiger partial charge in [0.05, 0.1) is 23.3 Å². The Bertz CT molecular complexity index is 13.0. The second kappa shape index (κ2) is 8.98. The summed E-state index contributed by atoms with van der Waals surface area (Å²) >= 11 is 0. The topological polar surface area (TPSA) is 0 Å². The lowest BCUT2D eigenvalue weighted by atomic mass is 9.44. The standard InChI is InChI=1S/C2H9B3.BH3/c1-4-2-5-3;/h4-5H,2-3H2,1H3;1H3. The predicted octanol–water partition coefficient (Wildman–Crippen LogP) is -2.35. The van der Waals surface area contributed by atoms with Gasteiger partial charge < -0.3 is 0 Å². The van der Waals surface area contributed by atoms with Gasteiger partial charge in [-0.1, -0.05) is 6.82 Å². The molecule has 6 heavy (non-hydrogen) atoms. The largest absolute Gasteiger partial charge is 0.109 e. The first-order valence-corrected chi connectivity index (χ1v) is 2.41. The first-order chi connectivity index (χ1) is 2.41. The normalized spacial score (nSPS) is 5.50. The molecule has 0 amide bonds. The van der Waals surface area contributed by atoms with Crippen LogP contribution >= 0.6 is 0 Å². The summed E-state index contributed by atoms with van der Waals surface area (Å²) < 4.78 is 0. The van der Waals surface area contributed by atoms with Crippen LogP contribution < -0.4 is 0 Å². The predicted molar refractivity (Wildman–Crippen MR) is 43.5 cm³/mol. The molecule has 0 radical (unpaired) electrons. The van der Waals surface area contributed by atoms with Crippen molar-refractivity contribution in [2.75, 3.05) is 0 Å². The first-order valence-electron chi connectivity index (χ1n) is 2.41. The van der Waals surface area contributed by atoms with Gasteiger partial charge in [-0.2, -0.15) is 0 Å². The maximum absolute atomic E-state index is 2.21. The molecule has 0 bridgehead atoms. The van der Waals surface area contributed by atoms with Gasteiger partial charge in [0, 0.05) is 0 Å². The van der Waals surface area contributed by atoms with Crippen LogP contribution in [0.25, 0.3) is 0 Å². The van der Waals surface area contributed by atoms with Gasteiger partial charge in [0.2, 0.25) is 0 Å². The van der Waals surface area contributed by atoms with Crippen molar-refractivity contribution >= 4 is 30.6 Å². The summed E-state index contributed by atoms with van der Waals surface area (Å²) in [5.41, 5.74) is 0. The summed E-state index contributed by atoms with van der Waals surface area (Å²) in [6, 6.07) is 0. The molecule has 4 heteroatoms. The minimum Gasteiger partial charge on any atom is -0.108 e. The summed E-state index contributed by atoms with van der Waals surface area (Å²) in [5, 5.41) is 0.